The molecule has 2 aliphatic heterocycles. The van der Waals surface area contributed by atoms with Crippen LogP contribution in [0.2, 0.25) is 0 Å². The van der Waals surface area contributed by atoms with Crippen LogP contribution < -0.4 is 15.7 Å². The number of furan rings is 1. The lowest BCUT2D eigenvalue weighted by Crippen LogP contribution is -2.60. The molecule has 14 rings (SSSR count). The number of fused-ring (bicyclic) bond motifs is 15. The monoisotopic (exact) mass is 868 g/mol. The Labute approximate surface area is 390 Å². The van der Waals surface area contributed by atoms with E-state index in [1.165, 1.54) is 115 Å². The van der Waals surface area contributed by atoms with Crippen LogP contribution in [-0.4, -0.2) is 11.4 Å². The van der Waals surface area contributed by atoms with Crippen LogP contribution in [0.15, 0.2) is 156 Å². The number of nitrogens with zero attached hydrogens (tertiary/aromatic N) is 2. The largest absolute Gasteiger partial charge is 0.456 e. The molecular weight excluding hydrogens is 820 g/mol. The Morgan fingerprint density at radius 1 is 0.545 bits per heavy atom. The van der Waals surface area contributed by atoms with Crippen LogP contribution in [0, 0.1) is 0 Å². The van der Waals surface area contributed by atoms with Crippen molar-refractivity contribution < 1.29 is 4.42 Å². The van der Waals surface area contributed by atoms with E-state index in [9.17, 15) is 0 Å². The van der Waals surface area contributed by atoms with Crippen LogP contribution in [0.3, 0.4) is 0 Å². The molecule has 0 amide bonds. The maximum Gasteiger partial charge on any atom is 0.333 e. The molecule has 3 nitrogen and oxygen atoms in total. The maximum absolute atomic E-state index is 6.64. The van der Waals surface area contributed by atoms with Crippen molar-refractivity contribution in [3.05, 3.63) is 174 Å². The summed E-state index contributed by atoms with van der Waals surface area (Å²) in [6.07, 6.45) is 0. The van der Waals surface area contributed by atoms with Crippen LogP contribution in [0.1, 0.15) is 77.6 Å². The number of para-hydroxylation sites is 1. The van der Waals surface area contributed by atoms with Crippen LogP contribution in [0.5, 0.6) is 0 Å². The van der Waals surface area contributed by atoms with Crippen molar-refractivity contribution in [1.29, 1.82) is 0 Å². The minimum atomic E-state index is -0.170. The smallest absolute Gasteiger partial charge is 0.333 e. The second-order valence-electron chi connectivity index (χ2n) is 21.8. The lowest BCUT2D eigenvalue weighted by Gasteiger charge is -2.42. The van der Waals surface area contributed by atoms with Gasteiger partial charge in [-0.3, -0.25) is 0 Å². The van der Waals surface area contributed by atoms with Gasteiger partial charge < -0.3 is 13.8 Å². The Morgan fingerprint density at radius 3 is 2.08 bits per heavy atom. The lowest BCUT2D eigenvalue weighted by molar-refractivity contribution is 0.589. The van der Waals surface area contributed by atoms with E-state index in [4.69, 9.17) is 4.42 Å². The molecule has 0 spiro atoms. The normalized spacial score (nSPS) is 14.7. The summed E-state index contributed by atoms with van der Waals surface area (Å²) in [7, 11) is 0. The molecule has 11 aromatic rings. The first kappa shape index (κ1) is 38.5. The zero-order valence-corrected chi connectivity index (χ0v) is 39.5. The van der Waals surface area contributed by atoms with E-state index in [0.717, 1.165) is 21.9 Å². The highest BCUT2D eigenvalue weighted by atomic mass is 32.1. The molecule has 8 aromatic carbocycles. The van der Waals surface area contributed by atoms with E-state index in [0.29, 0.717) is 0 Å². The lowest BCUT2D eigenvalue weighted by atomic mass is 9.44. The number of aromatic nitrogens is 1. The maximum atomic E-state index is 6.64. The summed E-state index contributed by atoms with van der Waals surface area (Å²) >= 11 is 1.89. The van der Waals surface area contributed by atoms with E-state index < -0.39 is 0 Å². The summed E-state index contributed by atoms with van der Waals surface area (Å²) in [5.41, 5.74) is 22.7. The van der Waals surface area contributed by atoms with Gasteiger partial charge in [-0.05, 0) is 120 Å². The fraction of sp³-hybridized carbons (Fsp3) is 0.180. The summed E-state index contributed by atoms with van der Waals surface area (Å²) in [5, 5.41) is 6.11. The van der Waals surface area contributed by atoms with Gasteiger partial charge in [-0.15, -0.1) is 11.3 Å². The van der Waals surface area contributed by atoms with Gasteiger partial charge in [-0.1, -0.05) is 152 Å². The highest BCUT2D eigenvalue weighted by molar-refractivity contribution is 7.22. The summed E-state index contributed by atoms with van der Waals surface area (Å²) < 4.78 is 10.5. The molecule has 0 bridgehead atoms. The molecule has 0 saturated carbocycles. The van der Waals surface area contributed by atoms with E-state index in [2.05, 4.69) is 216 Å². The minimum absolute atomic E-state index is 0.0313. The first-order valence-electron chi connectivity index (χ1n) is 23.5. The first-order valence-corrected chi connectivity index (χ1v) is 24.3. The highest BCUT2D eigenvalue weighted by Gasteiger charge is 2.46. The molecule has 0 unspecified atom stereocenters. The Bertz CT molecular complexity index is 3920. The van der Waals surface area contributed by atoms with Crippen LogP contribution in [0.4, 0.5) is 11.4 Å². The van der Waals surface area contributed by atoms with Gasteiger partial charge in [0.2, 0.25) is 0 Å². The number of rotatable bonds is 2. The molecule has 1 aliphatic carbocycles. The van der Waals surface area contributed by atoms with Gasteiger partial charge in [0.05, 0.1) is 11.0 Å². The van der Waals surface area contributed by atoms with Crippen molar-refractivity contribution in [3.8, 4) is 38.4 Å². The third-order valence-electron chi connectivity index (χ3n) is 15.5. The van der Waals surface area contributed by atoms with E-state index in [-0.39, 0.29) is 23.1 Å². The van der Waals surface area contributed by atoms with E-state index in [1.807, 2.05) is 11.3 Å². The van der Waals surface area contributed by atoms with Crippen LogP contribution in [0.25, 0.3) is 92.2 Å². The quantitative estimate of drug-likeness (QED) is 0.161. The molecule has 5 heteroatoms. The molecule has 66 heavy (non-hydrogen) atoms. The predicted molar refractivity (Wildman–Crippen MR) is 283 cm³/mol. The highest BCUT2D eigenvalue weighted by Crippen LogP contribution is 2.55. The molecule has 318 valence electrons. The summed E-state index contributed by atoms with van der Waals surface area (Å²) in [6.45, 7) is 18.7. The van der Waals surface area contributed by atoms with Crippen molar-refractivity contribution in [2.24, 2.45) is 0 Å². The number of benzene rings is 8. The number of thiophene rings is 1. The van der Waals surface area contributed by atoms with Crippen LogP contribution in [-0.2, 0) is 16.2 Å². The molecule has 0 atom stereocenters. The Kier molecular flexibility index (Phi) is 7.43. The average Bonchev–Trinajstić information content (AvgIpc) is 4.04. The molecule has 0 N–H and O–H groups in total. The zero-order valence-electron chi connectivity index (χ0n) is 38.7. The molecule has 0 fully saturated rings. The standard InChI is InChI=1S/C61H49BN2OS/c1-59(2,3)36-18-21-38(22-19-36)64-51-31-48-43(42-28-37(60(4,5)6)20-25-47(42)61(48,7)8)29-44(51)40-23-24-41-45-30-46-39-16-12-13-17-53(39)65-54(46)32-50(45)63-52-33-56-35(26-49(52)62(64)57(40)58(41)63)27-55(66-56)34-14-10-9-11-15-34/h9-33H,1-8H3. The van der Waals surface area contributed by atoms with Gasteiger partial charge in [0.1, 0.15) is 11.2 Å². The molecule has 3 aromatic heterocycles. The van der Waals surface area contributed by atoms with Crippen molar-refractivity contribution in [2.45, 2.75) is 71.6 Å². The van der Waals surface area contributed by atoms with E-state index >= 15 is 0 Å². The summed E-state index contributed by atoms with van der Waals surface area (Å²) in [5.74, 6) is 0. The van der Waals surface area contributed by atoms with Crippen molar-refractivity contribution in [2.75, 3.05) is 4.81 Å². The Morgan fingerprint density at radius 2 is 1.29 bits per heavy atom. The second kappa shape index (κ2) is 12.7. The van der Waals surface area contributed by atoms with Gasteiger partial charge in [0.25, 0.3) is 0 Å². The van der Waals surface area contributed by atoms with Crippen molar-refractivity contribution in [1.82, 2.24) is 4.57 Å². The third kappa shape index (κ3) is 5.10. The Hall–Kier alpha value is -6.82. The van der Waals surface area contributed by atoms with Gasteiger partial charge in [0, 0.05) is 65.2 Å². The number of anilines is 2. The van der Waals surface area contributed by atoms with Gasteiger partial charge in [-0.2, -0.15) is 0 Å². The average molecular weight is 869 g/mol. The molecule has 0 saturated heterocycles. The fourth-order valence-electron chi connectivity index (χ4n) is 12.0. The van der Waals surface area contributed by atoms with Gasteiger partial charge in [-0.25, -0.2) is 0 Å². The third-order valence-corrected chi connectivity index (χ3v) is 16.6. The summed E-state index contributed by atoms with van der Waals surface area (Å²) in [4.78, 5) is 3.99. The fourth-order valence-corrected chi connectivity index (χ4v) is 13.1. The Balaban J connectivity index is 1.12. The number of hydrogen-bond acceptors (Lipinski definition) is 3. The van der Waals surface area contributed by atoms with Gasteiger partial charge >= 0.3 is 6.85 Å². The number of hydrogen-bond donors (Lipinski definition) is 0. The van der Waals surface area contributed by atoms with Gasteiger partial charge in [0.15, 0.2) is 0 Å². The van der Waals surface area contributed by atoms with E-state index in [1.54, 1.807) is 0 Å². The molecule has 0 radical (unpaired) electrons. The minimum Gasteiger partial charge on any atom is -0.456 e. The van der Waals surface area contributed by atoms with Crippen molar-refractivity contribution in [3.63, 3.8) is 0 Å². The SMILES string of the molecule is CC(C)(C)c1ccc(N2B3c4cc5cc(-c6ccccc6)sc5cc4-n4c5cc6oc7ccccc7c6cc5c5ccc(c3c54)-c3cc4c(cc32)C(C)(C)c2ccc(C(C)(C)C)cc2-4)cc1. The zero-order chi connectivity index (χ0) is 44.8. The topological polar surface area (TPSA) is 21.3 Å². The second-order valence-corrected chi connectivity index (χ2v) is 22.9. The predicted octanol–water partition coefficient (Wildman–Crippen LogP) is 15.7. The van der Waals surface area contributed by atoms with Crippen LogP contribution >= 0.6 is 11.3 Å². The molecular formula is C61H49BN2OS. The summed E-state index contributed by atoms with van der Waals surface area (Å²) in [6, 6.07) is 58.2. The molecule has 3 aliphatic rings. The van der Waals surface area contributed by atoms with Crippen molar-refractivity contribution >= 4 is 94.3 Å². The first-order chi connectivity index (χ1) is 31.7. The molecule has 5 heterocycles.